The minimum atomic E-state index is 0.684. The van der Waals surface area contributed by atoms with Crippen molar-refractivity contribution in [3.8, 4) is 0 Å². The maximum atomic E-state index is 2.76. The fraction of sp³-hybridized carbons (Fsp3) is 1.00. The molecular formula is C17H35N3. The maximum absolute atomic E-state index is 2.76. The van der Waals surface area contributed by atoms with Crippen molar-refractivity contribution in [3.63, 3.8) is 0 Å². The molecule has 2 rings (SSSR count). The molecule has 1 atom stereocenters. The average Bonchev–Trinajstić information content (AvgIpc) is 2.64. The van der Waals surface area contributed by atoms with Crippen LogP contribution in [-0.2, 0) is 0 Å². The van der Waals surface area contributed by atoms with Crippen molar-refractivity contribution in [1.82, 2.24) is 14.7 Å². The van der Waals surface area contributed by atoms with Gasteiger partial charge >= 0.3 is 0 Å². The normalized spacial score (nSPS) is 25.9. The Morgan fingerprint density at radius 3 is 2.65 bits per heavy atom. The van der Waals surface area contributed by atoms with Gasteiger partial charge in [-0.3, -0.25) is 4.90 Å². The number of hydrogen-bond acceptors (Lipinski definition) is 3. The molecule has 0 saturated carbocycles. The van der Waals surface area contributed by atoms with Crippen LogP contribution < -0.4 is 0 Å². The van der Waals surface area contributed by atoms with Crippen molar-refractivity contribution < 1.29 is 0 Å². The van der Waals surface area contributed by atoms with Gasteiger partial charge in [-0.15, -0.1) is 0 Å². The summed E-state index contributed by atoms with van der Waals surface area (Å²) in [6.45, 7) is 12.5. The molecule has 2 heterocycles. The molecule has 2 aliphatic heterocycles. The summed E-state index contributed by atoms with van der Waals surface area (Å²) in [5.41, 5.74) is 0. The minimum Gasteiger partial charge on any atom is -0.304 e. The first-order valence-corrected chi connectivity index (χ1v) is 8.83. The number of rotatable bonds is 6. The van der Waals surface area contributed by atoms with Crippen LogP contribution in [0.25, 0.3) is 0 Å². The predicted molar refractivity (Wildman–Crippen MR) is 87.3 cm³/mol. The molecule has 0 amide bonds. The molecule has 20 heavy (non-hydrogen) atoms. The van der Waals surface area contributed by atoms with E-state index < -0.39 is 0 Å². The van der Waals surface area contributed by atoms with Crippen LogP contribution >= 0.6 is 0 Å². The van der Waals surface area contributed by atoms with Crippen LogP contribution in [0, 0.1) is 0 Å². The standard InChI is InChI=1S/C17H35N3/c1-16(2)18(3)10-6-7-11-19-12-8-14-20-13-5-4-9-17(20)15-19/h16-17H,4-15H2,1-3H3. The number of nitrogens with zero attached hydrogens (tertiary/aromatic N) is 3. The first-order valence-electron chi connectivity index (χ1n) is 8.83. The van der Waals surface area contributed by atoms with E-state index in [1.54, 1.807) is 0 Å². The second-order valence-electron chi connectivity index (χ2n) is 7.12. The van der Waals surface area contributed by atoms with E-state index in [0.717, 1.165) is 6.04 Å². The van der Waals surface area contributed by atoms with E-state index >= 15 is 0 Å². The van der Waals surface area contributed by atoms with Gasteiger partial charge in [-0.05, 0) is 85.7 Å². The van der Waals surface area contributed by atoms with Crippen LogP contribution in [0.15, 0.2) is 0 Å². The molecule has 0 spiro atoms. The Morgan fingerprint density at radius 1 is 1.05 bits per heavy atom. The second-order valence-corrected chi connectivity index (χ2v) is 7.12. The summed E-state index contributed by atoms with van der Waals surface area (Å²) in [6.07, 6.45) is 8.41. The van der Waals surface area contributed by atoms with E-state index in [2.05, 4.69) is 35.6 Å². The summed E-state index contributed by atoms with van der Waals surface area (Å²) in [7, 11) is 2.25. The number of piperidine rings is 1. The van der Waals surface area contributed by atoms with E-state index in [-0.39, 0.29) is 0 Å². The first-order chi connectivity index (χ1) is 9.66. The summed E-state index contributed by atoms with van der Waals surface area (Å²) in [6, 6.07) is 1.55. The molecule has 3 nitrogen and oxygen atoms in total. The summed E-state index contributed by atoms with van der Waals surface area (Å²) >= 11 is 0. The Labute approximate surface area is 126 Å². The van der Waals surface area contributed by atoms with Crippen molar-refractivity contribution in [3.05, 3.63) is 0 Å². The number of fused-ring (bicyclic) bond motifs is 1. The number of hydrogen-bond donors (Lipinski definition) is 0. The lowest BCUT2D eigenvalue weighted by Gasteiger charge is -2.35. The summed E-state index contributed by atoms with van der Waals surface area (Å²) in [4.78, 5) is 7.96. The number of unbranched alkanes of at least 4 members (excludes halogenated alkanes) is 1. The van der Waals surface area contributed by atoms with Gasteiger partial charge in [0.2, 0.25) is 0 Å². The van der Waals surface area contributed by atoms with Crippen LogP contribution in [0.4, 0.5) is 0 Å². The lowest BCUT2D eigenvalue weighted by Crippen LogP contribution is -2.44. The fourth-order valence-electron chi connectivity index (χ4n) is 3.61. The Hall–Kier alpha value is -0.120. The minimum absolute atomic E-state index is 0.684. The summed E-state index contributed by atoms with van der Waals surface area (Å²) in [5.74, 6) is 0. The van der Waals surface area contributed by atoms with E-state index in [4.69, 9.17) is 0 Å². The van der Waals surface area contributed by atoms with Gasteiger partial charge in [0.25, 0.3) is 0 Å². The molecule has 0 aliphatic carbocycles. The van der Waals surface area contributed by atoms with Crippen molar-refractivity contribution >= 4 is 0 Å². The molecule has 0 radical (unpaired) electrons. The zero-order valence-corrected chi connectivity index (χ0v) is 14.0. The molecule has 0 N–H and O–H groups in total. The van der Waals surface area contributed by atoms with Gasteiger partial charge < -0.3 is 9.80 Å². The molecule has 0 bridgehead atoms. The van der Waals surface area contributed by atoms with Crippen molar-refractivity contribution in [2.24, 2.45) is 0 Å². The predicted octanol–water partition coefficient (Wildman–Crippen LogP) is 2.67. The third kappa shape index (κ3) is 5.01. The van der Waals surface area contributed by atoms with Gasteiger partial charge in [-0.2, -0.15) is 0 Å². The van der Waals surface area contributed by atoms with E-state index in [1.165, 1.54) is 77.8 Å². The Morgan fingerprint density at radius 2 is 1.85 bits per heavy atom. The highest BCUT2D eigenvalue weighted by atomic mass is 15.2. The van der Waals surface area contributed by atoms with Crippen LogP contribution in [0.1, 0.15) is 52.4 Å². The van der Waals surface area contributed by atoms with E-state index in [9.17, 15) is 0 Å². The highest BCUT2D eigenvalue weighted by molar-refractivity contribution is 4.83. The van der Waals surface area contributed by atoms with Crippen LogP contribution in [0.5, 0.6) is 0 Å². The van der Waals surface area contributed by atoms with Gasteiger partial charge in [0.05, 0.1) is 0 Å². The fourth-order valence-corrected chi connectivity index (χ4v) is 3.61. The maximum Gasteiger partial charge on any atom is 0.0223 e. The third-order valence-electron chi connectivity index (χ3n) is 5.25. The van der Waals surface area contributed by atoms with Gasteiger partial charge in [0.15, 0.2) is 0 Å². The van der Waals surface area contributed by atoms with Gasteiger partial charge in [0, 0.05) is 18.6 Å². The van der Waals surface area contributed by atoms with Crippen LogP contribution in [0.3, 0.4) is 0 Å². The molecule has 2 saturated heterocycles. The van der Waals surface area contributed by atoms with E-state index in [1.807, 2.05) is 0 Å². The molecule has 3 heteroatoms. The van der Waals surface area contributed by atoms with Gasteiger partial charge in [-0.1, -0.05) is 6.42 Å². The lowest BCUT2D eigenvalue weighted by atomic mass is 10.0. The highest BCUT2D eigenvalue weighted by Gasteiger charge is 2.26. The topological polar surface area (TPSA) is 9.72 Å². The second kappa shape index (κ2) is 8.35. The molecule has 118 valence electrons. The van der Waals surface area contributed by atoms with Gasteiger partial charge in [0.1, 0.15) is 0 Å². The quantitative estimate of drug-likeness (QED) is 0.693. The molecule has 0 aromatic rings. The van der Waals surface area contributed by atoms with Crippen LogP contribution in [0.2, 0.25) is 0 Å². The average molecular weight is 281 g/mol. The monoisotopic (exact) mass is 281 g/mol. The molecule has 1 unspecified atom stereocenters. The smallest absolute Gasteiger partial charge is 0.0223 e. The molecule has 0 aromatic heterocycles. The van der Waals surface area contributed by atoms with Crippen molar-refractivity contribution in [2.75, 3.05) is 46.3 Å². The Kier molecular flexibility index (Phi) is 6.79. The Balaban J connectivity index is 1.65. The molecular weight excluding hydrogens is 246 g/mol. The zero-order valence-electron chi connectivity index (χ0n) is 14.0. The highest BCUT2D eigenvalue weighted by Crippen LogP contribution is 2.21. The SMILES string of the molecule is CC(C)N(C)CCCCN1CCCN2CCCCC2C1. The molecule has 2 fully saturated rings. The Bertz CT molecular complexity index is 267. The van der Waals surface area contributed by atoms with Crippen LogP contribution in [-0.4, -0.2) is 73.1 Å². The lowest BCUT2D eigenvalue weighted by molar-refractivity contribution is 0.135. The summed E-state index contributed by atoms with van der Waals surface area (Å²) < 4.78 is 0. The largest absolute Gasteiger partial charge is 0.304 e. The first kappa shape index (κ1) is 16.3. The third-order valence-corrected chi connectivity index (χ3v) is 5.25. The summed E-state index contributed by atoms with van der Waals surface area (Å²) in [5, 5.41) is 0. The van der Waals surface area contributed by atoms with Crippen molar-refractivity contribution in [2.45, 2.75) is 64.5 Å². The zero-order chi connectivity index (χ0) is 14.4. The van der Waals surface area contributed by atoms with Gasteiger partial charge in [-0.25, -0.2) is 0 Å². The van der Waals surface area contributed by atoms with E-state index in [0.29, 0.717) is 6.04 Å². The molecule has 2 aliphatic rings. The molecule has 0 aromatic carbocycles. The van der Waals surface area contributed by atoms with Crippen molar-refractivity contribution in [1.29, 1.82) is 0 Å².